The van der Waals surface area contributed by atoms with Crippen molar-refractivity contribution < 1.29 is 8.78 Å². The molecule has 0 heterocycles. The first-order valence-electron chi connectivity index (χ1n) is 7.20. The zero-order valence-corrected chi connectivity index (χ0v) is 12.9. The van der Waals surface area contributed by atoms with Crippen LogP contribution < -0.4 is 5.32 Å². The summed E-state index contributed by atoms with van der Waals surface area (Å²) >= 11 is 0. The number of benzene rings is 2. The van der Waals surface area contributed by atoms with E-state index in [0.29, 0.717) is 5.56 Å². The summed E-state index contributed by atoms with van der Waals surface area (Å²) in [6.45, 7) is 8.37. The SMILES string of the molecule is CCNC(c1ccc(F)c(C)c1)c1c(C)cc(F)cc1C. The minimum atomic E-state index is -0.223. The maximum Gasteiger partial charge on any atom is 0.126 e. The molecular formula is C18H21F2N. The van der Waals surface area contributed by atoms with Crippen LogP contribution in [0.25, 0.3) is 0 Å². The monoisotopic (exact) mass is 289 g/mol. The van der Waals surface area contributed by atoms with E-state index in [1.807, 2.05) is 26.8 Å². The summed E-state index contributed by atoms with van der Waals surface area (Å²) in [6.07, 6.45) is 0. The molecule has 1 nitrogen and oxygen atoms in total. The van der Waals surface area contributed by atoms with Crippen LogP contribution in [-0.2, 0) is 0 Å². The molecule has 2 aromatic rings. The van der Waals surface area contributed by atoms with E-state index in [1.165, 1.54) is 6.07 Å². The first kappa shape index (κ1) is 15.6. The quantitative estimate of drug-likeness (QED) is 0.868. The number of hydrogen-bond donors (Lipinski definition) is 1. The Bertz CT molecular complexity index is 627. The molecule has 0 saturated heterocycles. The van der Waals surface area contributed by atoms with Crippen molar-refractivity contribution in [3.05, 3.63) is 69.8 Å². The van der Waals surface area contributed by atoms with Crippen LogP contribution in [0.4, 0.5) is 8.78 Å². The average Bonchev–Trinajstić information content (AvgIpc) is 2.40. The third kappa shape index (κ3) is 3.30. The molecule has 112 valence electrons. The van der Waals surface area contributed by atoms with Crippen molar-refractivity contribution in [2.75, 3.05) is 6.54 Å². The third-order valence-electron chi connectivity index (χ3n) is 3.77. The highest BCUT2D eigenvalue weighted by atomic mass is 19.1. The predicted molar refractivity (Wildman–Crippen MR) is 82.5 cm³/mol. The van der Waals surface area contributed by atoms with E-state index < -0.39 is 0 Å². The maximum absolute atomic E-state index is 13.5. The van der Waals surface area contributed by atoms with Crippen molar-refractivity contribution in [2.24, 2.45) is 0 Å². The van der Waals surface area contributed by atoms with Crippen LogP contribution in [0.1, 0.15) is 40.8 Å². The van der Waals surface area contributed by atoms with Crippen molar-refractivity contribution >= 4 is 0 Å². The van der Waals surface area contributed by atoms with E-state index in [0.717, 1.165) is 28.8 Å². The summed E-state index contributed by atoms with van der Waals surface area (Å²) in [6, 6.07) is 8.16. The second kappa shape index (κ2) is 6.35. The van der Waals surface area contributed by atoms with Gasteiger partial charge in [-0.1, -0.05) is 19.1 Å². The topological polar surface area (TPSA) is 12.0 Å². The summed E-state index contributed by atoms with van der Waals surface area (Å²) in [5, 5.41) is 3.42. The normalized spacial score (nSPS) is 12.5. The molecule has 3 heteroatoms. The highest BCUT2D eigenvalue weighted by Gasteiger charge is 2.19. The van der Waals surface area contributed by atoms with Gasteiger partial charge in [0.05, 0.1) is 6.04 Å². The molecule has 1 atom stereocenters. The molecule has 0 saturated carbocycles. The van der Waals surface area contributed by atoms with Gasteiger partial charge in [0.1, 0.15) is 11.6 Å². The van der Waals surface area contributed by atoms with Gasteiger partial charge in [-0.25, -0.2) is 8.78 Å². The lowest BCUT2D eigenvalue weighted by Gasteiger charge is -2.23. The van der Waals surface area contributed by atoms with Crippen LogP contribution in [0.2, 0.25) is 0 Å². The zero-order valence-electron chi connectivity index (χ0n) is 12.9. The van der Waals surface area contributed by atoms with Crippen LogP contribution in [0.5, 0.6) is 0 Å². The summed E-state index contributed by atoms with van der Waals surface area (Å²) in [4.78, 5) is 0. The Kier molecular flexibility index (Phi) is 4.73. The minimum absolute atomic E-state index is 0.0603. The molecule has 1 N–H and O–H groups in total. The number of hydrogen-bond acceptors (Lipinski definition) is 1. The van der Waals surface area contributed by atoms with Gasteiger partial charge in [0.15, 0.2) is 0 Å². The fourth-order valence-electron chi connectivity index (χ4n) is 2.82. The molecular weight excluding hydrogens is 268 g/mol. The zero-order chi connectivity index (χ0) is 15.6. The minimum Gasteiger partial charge on any atom is -0.307 e. The number of aryl methyl sites for hydroxylation is 3. The third-order valence-corrected chi connectivity index (χ3v) is 3.77. The van der Waals surface area contributed by atoms with Gasteiger partial charge in [-0.05, 0) is 73.3 Å². The van der Waals surface area contributed by atoms with Crippen LogP contribution in [0.3, 0.4) is 0 Å². The van der Waals surface area contributed by atoms with Gasteiger partial charge in [0.25, 0.3) is 0 Å². The molecule has 0 aliphatic heterocycles. The molecule has 0 radical (unpaired) electrons. The molecule has 0 aromatic heterocycles. The molecule has 0 bridgehead atoms. The van der Waals surface area contributed by atoms with Crippen molar-refractivity contribution in [2.45, 2.75) is 33.7 Å². The first-order chi connectivity index (χ1) is 9.93. The van der Waals surface area contributed by atoms with Gasteiger partial charge in [-0.3, -0.25) is 0 Å². The molecule has 0 amide bonds. The summed E-state index contributed by atoms with van der Waals surface area (Å²) < 4.78 is 27.0. The van der Waals surface area contributed by atoms with E-state index in [4.69, 9.17) is 0 Å². The summed E-state index contributed by atoms with van der Waals surface area (Å²) in [5.74, 6) is -0.430. The smallest absolute Gasteiger partial charge is 0.126 e. The lowest BCUT2D eigenvalue weighted by Crippen LogP contribution is -2.24. The molecule has 0 aliphatic rings. The Labute approximate surface area is 125 Å². The molecule has 2 aromatic carbocycles. The Hall–Kier alpha value is -1.74. The van der Waals surface area contributed by atoms with E-state index in [1.54, 1.807) is 25.1 Å². The van der Waals surface area contributed by atoms with Gasteiger partial charge < -0.3 is 5.32 Å². The molecule has 21 heavy (non-hydrogen) atoms. The van der Waals surface area contributed by atoms with Crippen LogP contribution in [0.15, 0.2) is 30.3 Å². The fourth-order valence-corrected chi connectivity index (χ4v) is 2.82. The Morgan fingerprint density at radius 1 is 0.952 bits per heavy atom. The average molecular weight is 289 g/mol. The Morgan fingerprint density at radius 2 is 1.57 bits per heavy atom. The second-order valence-electron chi connectivity index (χ2n) is 5.45. The van der Waals surface area contributed by atoms with Gasteiger partial charge in [0, 0.05) is 0 Å². The van der Waals surface area contributed by atoms with Crippen LogP contribution in [-0.4, -0.2) is 6.54 Å². The lowest BCUT2D eigenvalue weighted by molar-refractivity contribution is 0.598. The van der Waals surface area contributed by atoms with E-state index in [9.17, 15) is 8.78 Å². The number of rotatable bonds is 4. The van der Waals surface area contributed by atoms with Crippen molar-refractivity contribution in [3.8, 4) is 0 Å². The predicted octanol–water partition coefficient (Wildman–Crippen LogP) is 4.59. The molecule has 0 aliphatic carbocycles. The molecule has 0 spiro atoms. The van der Waals surface area contributed by atoms with Crippen LogP contribution in [0, 0.1) is 32.4 Å². The molecule has 2 rings (SSSR count). The molecule has 0 fully saturated rings. The van der Waals surface area contributed by atoms with E-state index in [2.05, 4.69) is 5.32 Å². The Balaban J connectivity index is 2.55. The maximum atomic E-state index is 13.5. The van der Waals surface area contributed by atoms with Gasteiger partial charge in [-0.2, -0.15) is 0 Å². The number of nitrogens with one attached hydrogen (secondary N) is 1. The summed E-state index contributed by atoms with van der Waals surface area (Å²) in [7, 11) is 0. The standard InChI is InChI=1S/C18H21F2N/c1-5-21-18(14-6-7-16(20)11(2)8-14)17-12(3)9-15(19)10-13(17)4/h6-10,18,21H,5H2,1-4H3. The van der Waals surface area contributed by atoms with Crippen molar-refractivity contribution in [1.82, 2.24) is 5.32 Å². The van der Waals surface area contributed by atoms with Gasteiger partial charge in [-0.15, -0.1) is 0 Å². The molecule has 1 unspecified atom stereocenters. The summed E-state index contributed by atoms with van der Waals surface area (Å²) in [5.41, 5.74) is 4.48. The second-order valence-corrected chi connectivity index (χ2v) is 5.45. The highest BCUT2D eigenvalue weighted by Crippen LogP contribution is 2.29. The largest absolute Gasteiger partial charge is 0.307 e. The van der Waals surface area contributed by atoms with Crippen molar-refractivity contribution in [3.63, 3.8) is 0 Å². The van der Waals surface area contributed by atoms with E-state index in [-0.39, 0.29) is 17.7 Å². The van der Waals surface area contributed by atoms with E-state index >= 15 is 0 Å². The number of halogens is 2. The van der Waals surface area contributed by atoms with Crippen molar-refractivity contribution in [1.29, 1.82) is 0 Å². The van der Waals surface area contributed by atoms with Gasteiger partial charge >= 0.3 is 0 Å². The fraction of sp³-hybridized carbons (Fsp3) is 0.333. The van der Waals surface area contributed by atoms with Gasteiger partial charge in [0.2, 0.25) is 0 Å². The van der Waals surface area contributed by atoms with Crippen LogP contribution >= 0.6 is 0 Å². The first-order valence-corrected chi connectivity index (χ1v) is 7.20. The Morgan fingerprint density at radius 3 is 2.10 bits per heavy atom. The lowest BCUT2D eigenvalue weighted by atomic mass is 9.90. The highest BCUT2D eigenvalue weighted by molar-refractivity contribution is 5.43.